The van der Waals surface area contributed by atoms with E-state index in [2.05, 4.69) is 44.9 Å². The van der Waals surface area contributed by atoms with Crippen LogP contribution < -0.4 is 5.56 Å². The number of Topliss-reactive ketones (excluding diaryl/α,β-unsaturated/α-hetero) is 1. The number of aromatic nitrogens is 1. The van der Waals surface area contributed by atoms with Gasteiger partial charge in [-0.05, 0) is 64.6 Å². The highest BCUT2D eigenvalue weighted by molar-refractivity contribution is 6.30. The molecule has 4 aromatic rings. The smallest absolute Gasteiger partial charge is 0.250 e. The number of carbonyl (C=O) groups excluding carboxylic acids is 1. The fourth-order valence-corrected chi connectivity index (χ4v) is 5.37. The van der Waals surface area contributed by atoms with Gasteiger partial charge >= 0.3 is 0 Å². The third-order valence-electron chi connectivity index (χ3n) is 7.54. The quantitative estimate of drug-likeness (QED) is 0.0928. The minimum Gasteiger partial charge on any atom is -0.411 e. The Kier molecular flexibility index (Phi) is 8.83. The van der Waals surface area contributed by atoms with E-state index in [0.717, 1.165) is 33.5 Å². The number of carbonyl (C=O) groups is 1. The molecule has 0 aliphatic carbocycles. The molecule has 42 heavy (non-hydrogen) atoms. The molecule has 212 valence electrons. The summed E-state index contributed by atoms with van der Waals surface area (Å²) in [6, 6.07) is 24.8. The Labute approximate surface area is 248 Å². The van der Waals surface area contributed by atoms with Crippen molar-refractivity contribution in [3.05, 3.63) is 128 Å². The van der Waals surface area contributed by atoms with Crippen LogP contribution in [0.15, 0.2) is 110 Å². The molecule has 0 radical (unpaired) electrons. The van der Waals surface area contributed by atoms with Gasteiger partial charge in [0, 0.05) is 54.2 Å². The third-order valence-corrected chi connectivity index (χ3v) is 7.78. The Morgan fingerprint density at radius 3 is 2.31 bits per heavy atom. The summed E-state index contributed by atoms with van der Waals surface area (Å²) in [6.07, 6.45) is 3.02. The van der Waals surface area contributed by atoms with Crippen LogP contribution >= 0.6 is 11.6 Å². The summed E-state index contributed by atoms with van der Waals surface area (Å²) in [5, 5.41) is 25.6. The van der Waals surface area contributed by atoms with Gasteiger partial charge in [0.05, 0.1) is 11.4 Å². The molecular weight excluding hydrogens is 550 g/mol. The number of ketones is 1. The van der Waals surface area contributed by atoms with Gasteiger partial charge in [0.15, 0.2) is 5.78 Å². The van der Waals surface area contributed by atoms with Gasteiger partial charge in [-0.25, -0.2) is 0 Å². The molecule has 1 unspecified atom stereocenters. The maximum Gasteiger partial charge on any atom is 0.250 e. The molecule has 0 bridgehead atoms. The van der Waals surface area contributed by atoms with E-state index in [-0.39, 0.29) is 17.3 Å². The van der Waals surface area contributed by atoms with Crippen LogP contribution in [0.25, 0.3) is 11.1 Å². The standard InChI is InChI=1S/C33H30ClN5O3/c1-21-17-27(34)12-14-29(21)30(18-31(37-42)26-11-16-33(41)39(2)20-26)24-7-3-22(4-8-24)23-5-9-25(10-6-23)32(40)15-13-28-19-35-38-36-28/h3-12,14,16-17,20,30,42H,13,15,18-19H2,1-2H3/b37-31+. The van der Waals surface area contributed by atoms with Crippen molar-refractivity contribution >= 4 is 28.8 Å². The Hall–Kier alpha value is -4.69. The number of aryl methyl sites for hydroxylation is 2. The number of halogens is 1. The van der Waals surface area contributed by atoms with E-state index in [0.29, 0.717) is 47.7 Å². The van der Waals surface area contributed by atoms with Crippen molar-refractivity contribution in [2.24, 2.45) is 27.6 Å². The van der Waals surface area contributed by atoms with E-state index in [1.54, 1.807) is 19.3 Å². The van der Waals surface area contributed by atoms with Crippen LogP contribution in [-0.4, -0.2) is 33.5 Å². The topological polar surface area (TPSA) is 109 Å². The number of benzene rings is 3. The average molecular weight is 580 g/mol. The monoisotopic (exact) mass is 579 g/mol. The van der Waals surface area contributed by atoms with Gasteiger partial charge < -0.3 is 9.77 Å². The predicted molar refractivity (Wildman–Crippen MR) is 165 cm³/mol. The first-order chi connectivity index (χ1) is 20.3. The zero-order chi connectivity index (χ0) is 29.6. The second-order valence-electron chi connectivity index (χ2n) is 10.3. The summed E-state index contributed by atoms with van der Waals surface area (Å²) in [4.78, 5) is 24.6. The van der Waals surface area contributed by atoms with Gasteiger partial charge in [-0.1, -0.05) is 71.4 Å². The van der Waals surface area contributed by atoms with E-state index >= 15 is 0 Å². The van der Waals surface area contributed by atoms with E-state index in [9.17, 15) is 14.8 Å². The molecule has 0 fully saturated rings. The lowest BCUT2D eigenvalue weighted by Crippen LogP contribution is -2.18. The van der Waals surface area contributed by atoms with Crippen molar-refractivity contribution in [3.8, 4) is 11.1 Å². The lowest BCUT2D eigenvalue weighted by molar-refractivity contribution is 0.0985. The summed E-state index contributed by atoms with van der Waals surface area (Å²) < 4.78 is 1.47. The molecule has 1 aliphatic heterocycles. The lowest BCUT2D eigenvalue weighted by Gasteiger charge is -2.21. The maximum absolute atomic E-state index is 12.6. The SMILES string of the molecule is Cc1cc(Cl)ccc1C(C/C(=N\O)c1ccc(=O)n(C)c1)c1ccc(-c2ccc(C(=O)CCC3=NN=NC3)cc2)cc1. The molecule has 1 N–H and O–H groups in total. The van der Waals surface area contributed by atoms with Gasteiger partial charge in [0.2, 0.25) is 5.56 Å². The molecule has 1 aliphatic rings. The average Bonchev–Trinajstić information content (AvgIpc) is 3.53. The van der Waals surface area contributed by atoms with Crippen molar-refractivity contribution in [3.63, 3.8) is 0 Å². The van der Waals surface area contributed by atoms with E-state index in [1.807, 2.05) is 49.4 Å². The fourth-order valence-electron chi connectivity index (χ4n) is 5.14. The van der Waals surface area contributed by atoms with Gasteiger partial charge in [-0.3, -0.25) is 9.59 Å². The zero-order valence-corrected chi connectivity index (χ0v) is 24.1. The maximum atomic E-state index is 12.6. The van der Waals surface area contributed by atoms with Crippen LogP contribution in [0.4, 0.5) is 0 Å². The van der Waals surface area contributed by atoms with Gasteiger partial charge in [0.25, 0.3) is 0 Å². The summed E-state index contributed by atoms with van der Waals surface area (Å²) in [5.74, 6) is -0.0722. The Balaban J connectivity index is 1.38. The molecule has 2 heterocycles. The zero-order valence-electron chi connectivity index (χ0n) is 23.4. The number of hydrogen-bond acceptors (Lipinski definition) is 7. The van der Waals surface area contributed by atoms with Crippen molar-refractivity contribution in [2.45, 2.75) is 32.1 Å². The van der Waals surface area contributed by atoms with E-state index in [1.165, 1.54) is 10.6 Å². The van der Waals surface area contributed by atoms with Crippen molar-refractivity contribution in [1.82, 2.24) is 4.57 Å². The van der Waals surface area contributed by atoms with Crippen LogP contribution in [0, 0.1) is 6.92 Å². The van der Waals surface area contributed by atoms with Gasteiger partial charge in [0.1, 0.15) is 6.54 Å². The second-order valence-corrected chi connectivity index (χ2v) is 10.8. The molecule has 1 aromatic heterocycles. The van der Waals surface area contributed by atoms with Crippen molar-refractivity contribution in [2.75, 3.05) is 6.54 Å². The fraction of sp³-hybridized carbons (Fsp3) is 0.212. The molecule has 8 nitrogen and oxygen atoms in total. The predicted octanol–water partition coefficient (Wildman–Crippen LogP) is 7.20. The highest BCUT2D eigenvalue weighted by Gasteiger charge is 2.21. The molecule has 0 amide bonds. The van der Waals surface area contributed by atoms with Gasteiger partial charge in [-0.2, -0.15) is 5.11 Å². The molecular formula is C33H30ClN5O3. The van der Waals surface area contributed by atoms with Crippen LogP contribution in [0.5, 0.6) is 0 Å². The lowest BCUT2D eigenvalue weighted by atomic mass is 9.83. The van der Waals surface area contributed by atoms with Crippen LogP contribution in [-0.2, 0) is 7.05 Å². The Morgan fingerprint density at radius 2 is 1.69 bits per heavy atom. The van der Waals surface area contributed by atoms with Crippen LogP contribution in [0.1, 0.15) is 57.8 Å². The normalized spacial score (nSPS) is 13.7. The number of rotatable bonds is 10. The van der Waals surface area contributed by atoms with Crippen molar-refractivity contribution in [1.29, 1.82) is 0 Å². The second kappa shape index (κ2) is 12.9. The van der Waals surface area contributed by atoms with Crippen LogP contribution in [0.3, 0.4) is 0 Å². The molecule has 9 heteroatoms. The minimum atomic E-state index is -0.138. The first kappa shape index (κ1) is 28.8. The molecule has 0 saturated carbocycles. The van der Waals surface area contributed by atoms with Gasteiger partial charge in [-0.15, -0.1) is 5.10 Å². The van der Waals surface area contributed by atoms with E-state index in [4.69, 9.17) is 11.6 Å². The largest absolute Gasteiger partial charge is 0.411 e. The summed E-state index contributed by atoms with van der Waals surface area (Å²) in [5.41, 5.74) is 7.64. The molecule has 0 spiro atoms. The number of hydrogen-bond donors (Lipinski definition) is 1. The molecule has 0 saturated heterocycles. The third kappa shape index (κ3) is 6.61. The molecule has 1 atom stereocenters. The van der Waals surface area contributed by atoms with E-state index < -0.39 is 0 Å². The highest BCUT2D eigenvalue weighted by Crippen LogP contribution is 2.34. The van der Waals surface area contributed by atoms with Crippen LogP contribution in [0.2, 0.25) is 5.02 Å². The summed E-state index contributed by atoms with van der Waals surface area (Å²) in [6.45, 7) is 2.49. The summed E-state index contributed by atoms with van der Waals surface area (Å²) >= 11 is 6.27. The Morgan fingerprint density at radius 1 is 1.00 bits per heavy atom. The number of pyridine rings is 1. The number of oxime groups is 1. The first-order valence-corrected chi connectivity index (χ1v) is 14.0. The highest BCUT2D eigenvalue weighted by atomic mass is 35.5. The minimum absolute atomic E-state index is 0.0625. The first-order valence-electron chi connectivity index (χ1n) is 13.6. The van der Waals surface area contributed by atoms with Crippen molar-refractivity contribution < 1.29 is 10.0 Å². The summed E-state index contributed by atoms with van der Waals surface area (Å²) in [7, 11) is 1.67. The Bertz CT molecular complexity index is 1760. The molecule has 5 rings (SSSR count). The molecule has 3 aromatic carbocycles. The number of nitrogens with zero attached hydrogens (tertiary/aromatic N) is 5.